The summed E-state index contributed by atoms with van der Waals surface area (Å²) in [7, 11) is 1.72. The Morgan fingerprint density at radius 1 is 0.941 bits per heavy atom. The second kappa shape index (κ2) is 5.05. The quantitative estimate of drug-likeness (QED) is 0.749. The zero-order valence-electron chi connectivity index (χ0n) is 10.6. The van der Waals surface area contributed by atoms with Crippen LogP contribution >= 0.6 is 0 Å². The van der Waals surface area contributed by atoms with Crippen LogP contribution in [0.3, 0.4) is 0 Å². The number of hydrogen-bond acceptors (Lipinski definition) is 1. The molecule has 0 amide bonds. The fraction of sp³-hybridized carbons (Fsp3) is 0.250. The van der Waals surface area contributed by atoms with Gasteiger partial charge in [0.25, 0.3) is 0 Å². The molecule has 0 aromatic heterocycles. The van der Waals surface area contributed by atoms with Crippen molar-refractivity contribution in [2.24, 2.45) is 0 Å². The Morgan fingerprint density at radius 3 is 2.24 bits per heavy atom. The van der Waals surface area contributed by atoms with Crippen LogP contribution in [0.2, 0.25) is 0 Å². The zero-order valence-corrected chi connectivity index (χ0v) is 10.6. The zero-order chi connectivity index (χ0) is 12.3. The van der Waals surface area contributed by atoms with Gasteiger partial charge in [-0.3, -0.25) is 0 Å². The Labute approximate surface area is 103 Å². The van der Waals surface area contributed by atoms with Crippen LogP contribution in [0.5, 0.6) is 5.75 Å². The van der Waals surface area contributed by atoms with E-state index >= 15 is 0 Å². The molecule has 0 saturated heterocycles. The van der Waals surface area contributed by atoms with E-state index < -0.39 is 0 Å². The fourth-order valence-electron chi connectivity index (χ4n) is 1.93. The third-order valence-electron chi connectivity index (χ3n) is 2.97. The largest absolute Gasteiger partial charge is 0.496 e. The monoisotopic (exact) mass is 226 g/mol. The van der Waals surface area contributed by atoms with Crippen LogP contribution in [0.25, 0.3) is 11.1 Å². The first-order valence-electron chi connectivity index (χ1n) is 5.95. The Morgan fingerprint density at radius 2 is 1.65 bits per heavy atom. The lowest BCUT2D eigenvalue weighted by Gasteiger charge is -2.12. The van der Waals surface area contributed by atoms with Crippen LogP contribution in [0, 0.1) is 0 Å². The van der Waals surface area contributed by atoms with Gasteiger partial charge in [-0.15, -0.1) is 0 Å². The van der Waals surface area contributed by atoms with Gasteiger partial charge in [-0.1, -0.05) is 50.2 Å². The molecule has 0 radical (unpaired) electrons. The number of benzene rings is 2. The number of hydrogen-bond donors (Lipinski definition) is 0. The Balaban J connectivity index is 2.54. The van der Waals surface area contributed by atoms with E-state index in [0.29, 0.717) is 5.92 Å². The summed E-state index contributed by atoms with van der Waals surface area (Å²) in [5.41, 5.74) is 3.70. The van der Waals surface area contributed by atoms with Gasteiger partial charge in [0.1, 0.15) is 5.75 Å². The highest BCUT2D eigenvalue weighted by Gasteiger charge is 2.08. The van der Waals surface area contributed by atoms with Crippen LogP contribution < -0.4 is 4.74 Å². The highest BCUT2D eigenvalue weighted by atomic mass is 16.5. The van der Waals surface area contributed by atoms with Crippen molar-refractivity contribution in [1.29, 1.82) is 0 Å². The predicted molar refractivity (Wildman–Crippen MR) is 72.5 cm³/mol. The predicted octanol–water partition coefficient (Wildman–Crippen LogP) is 4.49. The molecule has 1 nitrogen and oxygen atoms in total. The van der Waals surface area contributed by atoms with Gasteiger partial charge < -0.3 is 4.74 Å². The molecule has 0 N–H and O–H groups in total. The second-order valence-corrected chi connectivity index (χ2v) is 4.48. The Kier molecular flexibility index (Phi) is 3.48. The molecule has 17 heavy (non-hydrogen) atoms. The summed E-state index contributed by atoms with van der Waals surface area (Å²) >= 11 is 0. The van der Waals surface area contributed by atoms with Gasteiger partial charge in [-0.05, 0) is 29.2 Å². The summed E-state index contributed by atoms with van der Waals surface area (Å²) in [4.78, 5) is 0. The van der Waals surface area contributed by atoms with Crippen molar-refractivity contribution < 1.29 is 4.74 Å². The van der Waals surface area contributed by atoms with E-state index in [0.717, 1.165) is 5.75 Å². The topological polar surface area (TPSA) is 9.23 Å². The molecule has 2 aromatic rings. The molecule has 1 heteroatoms. The lowest BCUT2D eigenvalue weighted by Crippen LogP contribution is -1.92. The minimum atomic E-state index is 0.531. The number of methoxy groups -OCH3 is 1. The van der Waals surface area contributed by atoms with Crippen LogP contribution in [0.4, 0.5) is 0 Å². The summed E-state index contributed by atoms with van der Waals surface area (Å²) in [5.74, 6) is 1.46. The maximum atomic E-state index is 5.43. The van der Waals surface area contributed by atoms with Gasteiger partial charge in [0.15, 0.2) is 0 Å². The third kappa shape index (κ3) is 2.50. The van der Waals surface area contributed by atoms with E-state index in [1.54, 1.807) is 7.11 Å². The maximum absolute atomic E-state index is 5.43. The Bertz CT molecular complexity index is 486. The minimum absolute atomic E-state index is 0.531. The van der Waals surface area contributed by atoms with Crippen LogP contribution in [-0.4, -0.2) is 7.11 Å². The van der Waals surface area contributed by atoms with Gasteiger partial charge in [0, 0.05) is 5.56 Å². The average molecular weight is 226 g/mol. The van der Waals surface area contributed by atoms with Gasteiger partial charge >= 0.3 is 0 Å². The molecule has 2 aromatic carbocycles. The van der Waals surface area contributed by atoms with E-state index in [2.05, 4.69) is 56.3 Å². The maximum Gasteiger partial charge on any atom is 0.126 e. The molecular weight excluding hydrogens is 208 g/mol. The van der Waals surface area contributed by atoms with Crippen LogP contribution in [-0.2, 0) is 0 Å². The van der Waals surface area contributed by atoms with E-state index in [4.69, 9.17) is 4.74 Å². The second-order valence-electron chi connectivity index (χ2n) is 4.48. The lowest BCUT2D eigenvalue weighted by molar-refractivity contribution is 0.416. The van der Waals surface area contributed by atoms with Crippen molar-refractivity contribution in [3.63, 3.8) is 0 Å². The molecule has 0 fully saturated rings. The molecular formula is C16H18O. The first-order chi connectivity index (χ1) is 8.22. The molecule has 0 unspecified atom stereocenters. The third-order valence-corrected chi connectivity index (χ3v) is 2.97. The standard InChI is InChI=1S/C16H18O/c1-12(2)14-9-10-16(17-3)15(11-14)13-7-5-4-6-8-13/h4-12H,1-3H3. The molecule has 0 saturated carbocycles. The molecule has 0 atom stereocenters. The summed E-state index contributed by atoms with van der Waals surface area (Å²) < 4.78 is 5.43. The van der Waals surface area contributed by atoms with Crippen molar-refractivity contribution in [2.75, 3.05) is 7.11 Å². The van der Waals surface area contributed by atoms with Crippen LogP contribution in [0.15, 0.2) is 48.5 Å². The van der Waals surface area contributed by atoms with Crippen molar-refractivity contribution in [3.05, 3.63) is 54.1 Å². The molecule has 0 aliphatic carbocycles. The first kappa shape index (κ1) is 11.7. The Hall–Kier alpha value is -1.76. The normalized spacial score (nSPS) is 10.6. The van der Waals surface area contributed by atoms with Crippen molar-refractivity contribution in [2.45, 2.75) is 19.8 Å². The van der Waals surface area contributed by atoms with E-state index in [9.17, 15) is 0 Å². The van der Waals surface area contributed by atoms with E-state index in [-0.39, 0.29) is 0 Å². The van der Waals surface area contributed by atoms with Gasteiger partial charge in [0.2, 0.25) is 0 Å². The molecule has 0 heterocycles. The number of ether oxygens (including phenoxy) is 1. The summed E-state index contributed by atoms with van der Waals surface area (Å²) in [6.45, 7) is 4.41. The summed E-state index contributed by atoms with van der Waals surface area (Å²) in [5, 5.41) is 0. The van der Waals surface area contributed by atoms with Crippen molar-refractivity contribution in [1.82, 2.24) is 0 Å². The van der Waals surface area contributed by atoms with Gasteiger partial charge in [0.05, 0.1) is 7.11 Å². The summed E-state index contributed by atoms with van der Waals surface area (Å²) in [6, 6.07) is 16.8. The SMILES string of the molecule is COc1ccc(C(C)C)cc1-c1ccccc1. The van der Waals surface area contributed by atoms with E-state index in [1.165, 1.54) is 16.7 Å². The van der Waals surface area contributed by atoms with E-state index in [1.807, 2.05) is 6.07 Å². The lowest BCUT2D eigenvalue weighted by atomic mass is 9.96. The fourth-order valence-corrected chi connectivity index (χ4v) is 1.93. The van der Waals surface area contributed by atoms with Gasteiger partial charge in [-0.2, -0.15) is 0 Å². The molecule has 0 aliphatic heterocycles. The molecule has 0 aliphatic rings. The minimum Gasteiger partial charge on any atom is -0.496 e. The van der Waals surface area contributed by atoms with Crippen LogP contribution in [0.1, 0.15) is 25.3 Å². The number of rotatable bonds is 3. The van der Waals surface area contributed by atoms with Crippen molar-refractivity contribution in [3.8, 4) is 16.9 Å². The molecule has 88 valence electrons. The molecule has 0 spiro atoms. The summed E-state index contributed by atoms with van der Waals surface area (Å²) in [6.07, 6.45) is 0. The molecule has 2 rings (SSSR count). The smallest absolute Gasteiger partial charge is 0.126 e. The highest BCUT2D eigenvalue weighted by molar-refractivity contribution is 5.71. The van der Waals surface area contributed by atoms with Gasteiger partial charge in [-0.25, -0.2) is 0 Å². The van der Waals surface area contributed by atoms with Crippen molar-refractivity contribution >= 4 is 0 Å². The highest BCUT2D eigenvalue weighted by Crippen LogP contribution is 2.32. The molecule has 0 bridgehead atoms. The first-order valence-corrected chi connectivity index (χ1v) is 5.95. The average Bonchev–Trinajstić information content (AvgIpc) is 2.39.